The number of rotatable bonds is 6. The summed E-state index contributed by atoms with van der Waals surface area (Å²) in [6, 6.07) is 10.5. The van der Waals surface area contributed by atoms with E-state index in [0.29, 0.717) is 27.3 Å². The number of nitro benzene ring substituents is 1. The highest BCUT2D eigenvalue weighted by molar-refractivity contribution is 8.26. The molecule has 2 aromatic rings. The quantitative estimate of drug-likeness (QED) is 0.167. The minimum absolute atomic E-state index is 0.157. The van der Waals surface area contributed by atoms with Crippen molar-refractivity contribution in [2.24, 2.45) is 0 Å². The van der Waals surface area contributed by atoms with Gasteiger partial charge in [0, 0.05) is 33.7 Å². The molecule has 0 aromatic heterocycles. The fraction of sp³-hybridized carbons (Fsp3) is 0.281. The molecular weight excluding hydrogens is 685 g/mol. The van der Waals surface area contributed by atoms with Crippen LogP contribution in [0.1, 0.15) is 35.3 Å². The molecule has 1 spiro atoms. The van der Waals surface area contributed by atoms with Gasteiger partial charge in [-0.2, -0.15) is 0 Å². The Morgan fingerprint density at radius 1 is 0.771 bits per heavy atom. The van der Waals surface area contributed by atoms with Crippen LogP contribution in [0.5, 0.6) is 0 Å². The van der Waals surface area contributed by atoms with Crippen molar-refractivity contribution < 1.29 is 47.8 Å². The molecule has 3 heterocycles. The molecule has 0 N–H and O–H groups in total. The predicted octanol–water partition coefficient (Wildman–Crippen LogP) is 5.13. The van der Waals surface area contributed by atoms with E-state index < -0.39 is 44.3 Å². The van der Waals surface area contributed by atoms with E-state index in [-0.39, 0.29) is 31.5 Å². The first kappa shape index (κ1) is 34.8. The van der Waals surface area contributed by atoms with Gasteiger partial charge in [-0.15, -0.1) is 0 Å². The lowest BCUT2D eigenvalue weighted by molar-refractivity contribution is -0.384. The number of benzene rings is 2. The van der Waals surface area contributed by atoms with E-state index in [1.165, 1.54) is 29.2 Å². The van der Waals surface area contributed by atoms with E-state index in [4.69, 9.17) is 18.9 Å². The van der Waals surface area contributed by atoms with E-state index in [1.807, 2.05) is 0 Å². The topological polar surface area (TPSA) is 169 Å². The first-order valence-electron chi connectivity index (χ1n) is 14.0. The molecule has 0 radical (unpaired) electrons. The summed E-state index contributed by atoms with van der Waals surface area (Å²) in [6.07, 6.45) is 0. The van der Waals surface area contributed by atoms with Gasteiger partial charge in [0.2, 0.25) is 0 Å². The number of methoxy groups -OCH3 is 4. The van der Waals surface area contributed by atoms with Crippen LogP contribution in [-0.2, 0) is 38.1 Å². The van der Waals surface area contributed by atoms with Gasteiger partial charge in [-0.25, -0.2) is 19.2 Å². The van der Waals surface area contributed by atoms with Crippen molar-refractivity contribution in [1.29, 1.82) is 0 Å². The molecule has 0 saturated heterocycles. The summed E-state index contributed by atoms with van der Waals surface area (Å²) >= 11 is 2.57. The number of carbonyl (C=O) groups excluding carboxylic acids is 5. The Hall–Kier alpha value is -4.54. The van der Waals surface area contributed by atoms with Crippen molar-refractivity contribution in [1.82, 2.24) is 0 Å². The number of esters is 4. The number of ether oxygens (including phenoxy) is 4. The van der Waals surface area contributed by atoms with Gasteiger partial charge in [0.05, 0.1) is 50.2 Å². The molecule has 3 aliphatic heterocycles. The lowest BCUT2D eigenvalue weighted by Crippen LogP contribution is -2.54. The maximum absolute atomic E-state index is 14.5. The van der Waals surface area contributed by atoms with Gasteiger partial charge in [-0.1, -0.05) is 53.5 Å². The Bertz CT molecular complexity index is 1880. The van der Waals surface area contributed by atoms with E-state index in [9.17, 15) is 34.1 Å². The highest BCUT2D eigenvalue weighted by Crippen LogP contribution is 2.71. The van der Waals surface area contributed by atoms with E-state index in [0.717, 1.165) is 63.7 Å². The molecule has 0 aliphatic carbocycles. The van der Waals surface area contributed by atoms with E-state index in [1.54, 1.807) is 39.0 Å². The second-order valence-electron chi connectivity index (χ2n) is 10.9. The molecule has 5 rings (SSSR count). The average molecular weight is 713 g/mol. The van der Waals surface area contributed by atoms with Gasteiger partial charge in [0.1, 0.15) is 18.8 Å². The number of para-hydroxylation sites is 1. The number of non-ortho nitro benzene ring substituents is 1. The minimum atomic E-state index is -1.72. The summed E-state index contributed by atoms with van der Waals surface area (Å²) in [5.74, 6) is -4.05. The molecule has 0 fully saturated rings. The van der Waals surface area contributed by atoms with Crippen LogP contribution in [-0.4, -0.2) is 72.8 Å². The molecule has 16 heteroatoms. The van der Waals surface area contributed by atoms with Crippen molar-refractivity contribution in [2.75, 3.05) is 33.3 Å². The fourth-order valence-electron chi connectivity index (χ4n) is 5.73. The van der Waals surface area contributed by atoms with Crippen molar-refractivity contribution in [2.45, 2.75) is 30.4 Å². The van der Waals surface area contributed by atoms with Crippen LogP contribution in [0.25, 0.3) is 5.57 Å². The van der Waals surface area contributed by atoms with Crippen LogP contribution >= 0.6 is 35.3 Å². The summed E-state index contributed by atoms with van der Waals surface area (Å²) in [5, 5.41) is 11.3. The summed E-state index contributed by atoms with van der Waals surface area (Å²) < 4.78 is 18.6. The van der Waals surface area contributed by atoms with Crippen LogP contribution < -0.4 is 4.90 Å². The normalized spacial score (nSPS) is 17.4. The van der Waals surface area contributed by atoms with Crippen molar-refractivity contribution in [3.63, 3.8) is 0 Å². The van der Waals surface area contributed by atoms with Crippen LogP contribution in [0.4, 0.5) is 11.4 Å². The second kappa shape index (κ2) is 12.8. The number of aryl methyl sites for hydroxylation is 1. The molecule has 0 unspecified atom stereocenters. The van der Waals surface area contributed by atoms with Crippen LogP contribution in [0.3, 0.4) is 0 Å². The zero-order valence-corrected chi connectivity index (χ0v) is 29.1. The Balaban J connectivity index is 1.87. The largest absolute Gasteiger partial charge is 0.466 e. The van der Waals surface area contributed by atoms with Crippen molar-refractivity contribution in [3.05, 3.63) is 94.5 Å². The summed E-state index contributed by atoms with van der Waals surface area (Å²) in [5.41, 5.74) is 0.523. The Morgan fingerprint density at radius 3 is 1.79 bits per heavy atom. The SMILES string of the molecule is COC(=O)C1=C(C(=O)OC)SC2(S1)C(C(=O)OC)=C(C(=O)OC)SC1=C2c2cccc(C)c2N(C(=O)c2ccc([N+](=O)[O-])cc2)C1(C)C. The summed E-state index contributed by atoms with van der Waals surface area (Å²) in [6.45, 7) is 5.29. The predicted molar refractivity (Wildman–Crippen MR) is 180 cm³/mol. The molecule has 0 atom stereocenters. The Labute approximate surface area is 287 Å². The van der Waals surface area contributed by atoms with Gasteiger partial charge in [0.25, 0.3) is 11.6 Å². The molecular formula is C32H28N2O11S3. The third kappa shape index (κ3) is 5.27. The summed E-state index contributed by atoms with van der Waals surface area (Å²) in [7, 11) is 4.56. The third-order valence-electron chi connectivity index (χ3n) is 7.89. The third-order valence-corrected chi connectivity index (χ3v) is 12.5. The number of nitro groups is 1. The maximum atomic E-state index is 14.5. The molecule has 250 valence electrons. The number of carbonyl (C=O) groups is 5. The first-order valence-corrected chi connectivity index (χ1v) is 16.5. The lowest BCUT2D eigenvalue weighted by atomic mass is 9.82. The number of thioether (sulfide) groups is 3. The molecule has 0 saturated carbocycles. The smallest absolute Gasteiger partial charge is 0.345 e. The molecule has 2 aromatic carbocycles. The second-order valence-corrected chi connectivity index (χ2v) is 14.7. The van der Waals surface area contributed by atoms with E-state index >= 15 is 0 Å². The number of nitrogens with zero attached hydrogens (tertiary/aromatic N) is 2. The molecule has 48 heavy (non-hydrogen) atoms. The molecule has 13 nitrogen and oxygen atoms in total. The summed E-state index contributed by atoms with van der Waals surface area (Å²) in [4.78, 5) is 80.3. The average Bonchev–Trinajstić information content (AvgIpc) is 3.47. The number of hydrogen-bond acceptors (Lipinski definition) is 14. The highest BCUT2D eigenvalue weighted by atomic mass is 32.2. The number of hydrogen-bond donors (Lipinski definition) is 0. The van der Waals surface area contributed by atoms with Gasteiger partial charge < -0.3 is 18.9 Å². The number of amides is 1. The van der Waals surface area contributed by atoms with Crippen LogP contribution in [0.15, 0.2) is 67.7 Å². The molecule has 0 bridgehead atoms. The van der Waals surface area contributed by atoms with Crippen LogP contribution in [0, 0.1) is 17.0 Å². The van der Waals surface area contributed by atoms with Gasteiger partial charge in [0.15, 0.2) is 0 Å². The van der Waals surface area contributed by atoms with Crippen molar-refractivity contribution >= 4 is 82.0 Å². The number of anilines is 1. The fourth-order valence-corrected chi connectivity index (χ4v) is 10.8. The zero-order valence-electron chi connectivity index (χ0n) is 26.7. The highest BCUT2D eigenvalue weighted by Gasteiger charge is 2.62. The maximum Gasteiger partial charge on any atom is 0.345 e. The number of fused-ring (bicyclic) bond motifs is 3. The van der Waals surface area contributed by atoms with Gasteiger partial charge in [-0.05, 0) is 38.5 Å². The lowest BCUT2D eigenvalue weighted by Gasteiger charge is -2.51. The Kier molecular flexibility index (Phi) is 9.29. The minimum Gasteiger partial charge on any atom is -0.466 e. The van der Waals surface area contributed by atoms with Crippen LogP contribution in [0.2, 0.25) is 0 Å². The molecule has 3 aliphatic rings. The van der Waals surface area contributed by atoms with Gasteiger partial charge in [-0.3, -0.25) is 19.8 Å². The van der Waals surface area contributed by atoms with Crippen molar-refractivity contribution in [3.8, 4) is 0 Å². The van der Waals surface area contributed by atoms with Gasteiger partial charge >= 0.3 is 23.9 Å². The standard InChI is InChI=1S/C32H28N2O11S3/c1-15-9-8-10-18-19-25(31(2,3)33(21(15)18)26(35)16-11-13-17(14-12-16)34(40)41)46-22(28(37)43-5)20(27(36)42-4)32(19)47-23(29(38)44-6)24(48-32)30(39)45-7/h8-14H,1-7H3. The zero-order chi connectivity index (χ0) is 35.3. The first-order chi connectivity index (χ1) is 22.7. The van der Waals surface area contributed by atoms with E-state index in [2.05, 4.69) is 0 Å². The Morgan fingerprint density at radius 2 is 1.29 bits per heavy atom. The monoisotopic (exact) mass is 712 g/mol. The molecule has 1 amide bonds.